The number of aryl methyl sites for hydroxylation is 2. The van der Waals surface area contributed by atoms with E-state index in [1.165, 1.54) is 16.3 Å². The summed E-state index contributed by atoms with van der Waals surface area (Å²) in [5.74, 6) is 0.779. The number of hydrogen-bond donors (Lipinski definition) is 1. The Labute approximate surface area is 122 Å². The molecule has 2 aromatic rings. The smallest absolute Gasteiger partial charge is 0.330 e. The summed E-state index contributed by atoms with van der Waals surface area (Å²) in [7, 11) is 0. The molecule has 1 aromatic heterocycles. The van der Waals surface area contributed by atoms with E-state index >= 15 is 0 Å². The molecule has 0 spiro atoms. The Balaban J connectivity index is 1.77. The number of aromatic amines is 1. The summed E-state index contributed by atoms with van der Waals surface area (Å²) in [6.45, 7) is 4.46. The van der Waals surface area contributed by atoms with Gasteiger partial charge in [0, 0.05) is 11.8 Å². The van der Waals surface area contributed by atoms with Crippen LogP contribution in [0.4, 0.5) is 0 Å². The molecule has 2 rings (SSSR count). The lowest BCUT2D eigenvalue weighted by Crippen LogP contribution is -2.31. The van der Waals surface area contributed by atoms with E-state index in [0.717, 1.165) is 5.75 Å². The van der Waals surface area contributed by atoms with E-state index in [2.05, 4.69) is 4.98 Å². The van der Waals surface area contributed by atoms with E-state index in [-0.39, 0.29) is 12.3 Å². The standard InChI is InChI=1S/C15H18N2O4/c1-11-3-5-13(6-4-11)21-8-7-20-10-17-9-12(2)14(18)16-15(17)19/h3-6,9H,7-8,10H2,1-2H3,(H,16,18,19). The van der Waals surface area contributed by atoms with Crippen molar-refractivity contribution >= 4 is 0 Å². The van der Waals surface area contributed by atoms with E-state index in [4.69, 9.17) is 9.47 Å². The normalized spacial score (nSPS) is 10.6. The Kier molecular flexibility index (Phi) is 4.94. The van der Waals surface area contributed by atoms with Crippen LogP contribution in [0.5, 0.6) is 5.75 Å². The number of nitrogens with one attached hydrogen (secondary N) is 1. The van der Waals surface area contributed by atoms with Crippen LogP contribution in [0, 0.1) is 13.8 Å². The van der Waals surface area contributed by atoms with Gasteiger partial charge in [-0.2, -0.15) is 0 Å². The van der Waals surface area contributed by atoms with Crippen LogP contribution in [0.25, 0.3) is 0 Å². The quantitative estimate of drug-likeness (QED) is 0.811. The van der Waals surface area contributed by atoms with Crippen molar-refractivity contribution in [3.05, 3.63) is 62.4 Å². The van der Waals surface area contributed by atoms with Crippen LogP contribution >= 0.6 is 0 Å². The van der Waals surface area contributed by atoms with Crippen LogP contribution in [0.3, 0.4) is 0 Å². The fourth-order valence-corrected chi connectivity index (χ4v) is 1.73. The largest absolute Gasteiger partial charge is 0.491 e. The molecular weight excluding hydrogens is 272 g/mol. The van der Waals surface area contributed by atoms with E-state index in [1.807, 2.05) is 31.2 Å². The Bertz CT molecular complexity index is 701. The average Bonchev–Trinajstić information content (AvgIpc) is 2.46. The molecule has 0 aliphatic heterocycles. The first-order chi connectivity index (χ1) is 10.1. The lowest BCUT2D eigenvalue weighted by molar-refractivity contribution is 0.0511. The minimum atomic E-state index is -0.481. The molecule has 6 nitrogen and oxygen atoms in total. The van der Waals surface area contributed by atoms with Gasteiger partial charge in [-0.3, -0.25) is 14.3 Å². The number of H-pyrrole nitrogens is 1. The van der Waals surface area contributed by atoms with Crippen LogP contribution in [0.1, 0.15) is 11.1 Å². The Morgan fingerprint density at radius 2 is 1.81 bits per heavy atom. The molecule has 0 saturated heterocycles. The van der Waals surface area contributed by atoms with Gasteiger partial charge in [0.2, 0.25) is 0 Å². The third kappa shape index (κ3) is 4.32. The van der Waals surface area contributed by atoms with Crippen LogP contribution in [0.2, 0.25) is 0 Å². The molecule has 21 heavy (non-hydrogen) atoms. The molecule has 6 heteroatoms. The summed E-state index contributed by atoms with van der Waals surface area (Å²) in [6.07, 6.45) is 1.47. The van der Waals surface area contributed by atoms with Crippen LogP contribution in [0.15, 0.2) is 40.1 Å². The molecule has 0 bridgehead atoms. The zero-order valence-electron chi connectivity index (χ0n) is 12.1. The molecule has 1 heterocycles. The monoisotopic (exact) mass is 290 g/mol. The predicted octanol–water partition coefficient (Wildman–Crippen LogP) is 1.21. The van der Waals surface area contributed by atoms with Crippen molar-refractivity contribution in [2.24, 2.45) is 0 Å². The van der Waals surface area contributed by atoms with Crippen molar-refractivity contribution in [3.63, 3.8) is 0 Å². The summed E-state index contributed by atoms with van der Waals surface area (Å²) >= 11 is 0. The zero-order valence-corrected chi connectivity index (χ0v) is 12.1. The number of benzene rings is 1. The van der Waals surface area contributed by atoms with Crippen molar-refractivity contribution in [2.45, 2.75) is 20.6 Å². The number of aromatic nitrogens is 2. The summed E-state index contributed by atoms with van der Waals surface area (Å²) < 4.78 is 12.2. The van der Waals surface area contributed by atoms with Gasteiger partial charge < -0.3 is 9.47 Å². The average molecular weight is 290 g/mol. The fourth-order valence-electron chi connectivity index (χ4n) is 1.73. The van der Waals surface area contributed by atoms with E-state index in [9.17, 15) is 9.59 Å². The van der Waals surface area contributed by atoms with Crippen LogP contribution < -0.4 is 16.0 Å². The number of nitrogens with zero attached hydrogens (tertiary/aromatic N) is 1. The second kappa shape index (κ2) is 6.90. The van der Waals surface area contributed by atoms with Gasteiger partial charge in [0.1, 0.15) is 19.1 Å². The Morgan fingerprint density at radius 1 is 1.10 bits per heavy atom. The molecule has 0 aliphatic carbocycles. The third-order valence-electron chi connectivity index (χ3n) is 2.94. The molecule has 0 radical (unpaired) electrons. The summed E-state index contributed by atoms with van der Waals surface area (Å²) in [6, 6.07) is 7.73. The predicted molar refractivity (Wildman–Crippen MR) is 78.7 cm³/mol. The van der Waals surface area contributed by atoms with Gasteiger partial charge in [0.25, 0.3) is 5.56 Å². The zero-order chi connectivity index (χ0) is 15.2. The summed E-state index contributed by atoms with van der Waals surface area (Å²) in [5, 5.41) is 0. The molecule has 0 atom stereocenters. The minimum Gasteiger partial charge on any atom is -0.491 e. The highest BCUT2D eigenvalue weighted by Crippen LogP contribution is 2.10. The first-order valence-electron chi connectivity index (χ1n) is 6.64. The molecule has 1 aromatic carbocycles. The molecule has 0 saturated carbocycles. The molecule has 0 unspecified atom stereocenters. The number of ether oxygens (including phenoxy) is 2. The van der Waals surface area contributed by atoms with Crippen LogP contribution in [-0.4, -0.2) is 22.8 Å². The van der Waals surface area contributed by atoms with E-state index in [1.54, 1.807) is 6.92 Å². The van der Waals surface area contributed by atoms with Gasteiger partial charge in [-0.15, -0.1) is 0 Å². The van der Waals surface area contributed by atoms with Crippen molar-refractivity contribution in [2.75, 3.05) is 13.2 Å². The second-order valence-electron chi connectivity index (χ2n) is 4.74. The Morgan fingerprint density at radius 3 is 2.52 bits per heavy atom. The maximum Gasteiger partial charge on any atom is 0.330 e. The first kappa shape index (κ1) is 15.1. The van der Waals surface area contributed by atoms with Gasteiger partial charge in [0.05, 0.1) is 6.61 Å². The van der Waals surface area contributed by atoms with Gasteiger partial charge in [-0.1, -0.05) is 17.7 Å². The first-order valence-corrected chi connectivity index (χ1v) is 6.64. The summed E-state index contributed by atoms with van der Waals surface area (Å²) in [4.78, 5) is 24.9. The summed E-state index contributed by atoms with van der Waals surface area (Å²) in [5.41, 5.74) is 0.782. The van der Waals surface area contributed by atoms with Crippen LogP contribution in [-0.2, 0) is 11.5 Å². The SMILES string of the molecule is Cc1ccc(OCCOCn2cc(C)c(=O)[nH]c2=O)cc1. The van der Waals surface area contributed by atoms with Crippen molar-refractivity contribution in [1.29, 1.82) is 0 Å². The number of hydrogen-bond acceptors (Lipinski definition) is 4. The topological polar surface area (TPSA) is 73.3 Å². The van der Waals surface area contributed by atoms with Gasteiger partial charge in [-0.05, 0) is 26.0 Å². The van der Waals surface area contributed by atoms with Crippen molar-refractivity contribution in [3.8, 4) is 5.75 Å². The highest BCUT2D eigenvalue weighted by Gasteiger charge is 2.00. The van der Waals surface area contributed by atoms with Gasteiger partial charge in [0.15, 0.2) is 0 Å². The molecular formula is C15H18N2O4. The van der Waals surface area contributed by atoms with E-state index in [0.29, 0.717) is 18.8 Å². The molecule has 0 amide bonds. The Hall–Kier alpha value is -2.34. The number of rotatable bonds is 6. The third-order valence-corrected chi connectivity index (χ3v) is 2.94. The maximum absolute atomic E-state index is 11.5. The van der Waals surface area contributed by atoms with Crippen molar-refractivity contribution < 1.29 is 9.47 Å². The van der Waals surface area contributed by atoms with Crippen molar-refractivity contribution in [1.82, 2.24) is 9.55 Å². The second-order valence-corrected chi connectivity index (χ2v) is 4.74. The molecule has 0 fully saturated rings. The lowest BCUT2D eigenvalue weighted by Gasteiger charge is -2.09. The fraction of sp³-hybridized carbons (Fsp3) is 0.333. The highest BCUT2D eigenvalue weighted by atomic mass is 16.5. The maximum atomic E-state index is 11.5. The molecule has 112 valence electrons. The minimum absolute atomic E-state index is 0.0771. The van der Waals surface area contributed by atoms with Gasteiger partial charge >= 0.3 is 5.69 Å². The molecule has 1 N–H and O–H groups in total. The van der Waals surface area contributed by atoms with E-state index < -0.39 is 5.69 Å². The lowest BCUT2D eigenvalue weighted by atomic mass is 10.2. The van der Waals surface area contributed by atoms with Gasteiger partial charge in [-0.25, -0.2) is 4.79 Å². The highest BCUT2D eigenvalue weighted by molar-refractivity contribution is 5.26. The molecule has 0 aliphatic rings.